The Bertz CT molecular complexity index is 447. The van der Waals surface area contributed by atoms with Gasteiger partial charge in [-0.3, -0.25) is 4.79 Å². The van der Waals surface area contributed by atoms with Gasteiger partial charge >= 0.3 is 5.97 Å². The van der Waals surface area contributed by atoms with Gasteiger partial charge in [-0.1, -0.05) is 18.5 Å². The zero-order valence-corrected chi connectivity index (χ0v) is 9.90. The number of carboxylic acids is 1. The molecule has 1 aromatic carbocycles. The third-order valence-corrected chi connectivity index (χ3v) is 2.38. The van der Waals surface area contributed by atoms with Gasteiger partial charge in [0.2, 0.25) is 5.91 Å². The van der Waals surface area contributed by atoms with Crippen LogP contribution in [0.2, 0.25) is 5.02 Å². The fourth-order valence-electron chi connectivity index (χ4n) is 1.09. The number of amides is 1. The Morgan fingerprint density at radius 2 is 2.18 bits per heavy atom. The number of carbonyl (C=O) groups is 2. The van der Waals surface area contributed by atoms with Crippen molar-refractivity contribution in [3.8, 4) is 5.75 Å². The van der Waals surface area contributed by atoms with E-state index >= 15 is 0 Å². The van der Waals surface area contributed by atoms with Crippen LogP contribution in [0.15, 0.2) is 18.2 Å². The van der Waals surface area contributed by atoms with Crippen molar-refractivity contribution in [3.63, 3.8) is 0 Å². The largest absolute Gasteiger partial charge is 0.492 e. The van der Waals surface area contributed by atoms with E-state index < -0.39 is 17.8 Å². The lowest BCUT2D eigenvalue weighted by Crippen LogP contribution is -2.26. The maximum atomic E-state index is 10.9. The van der Waals surface area contributed by atoms with Crippen LogP contribution in [0.4, 0.5) is 0 Å². The Kier molecular flexibility index (Phi) is 4.34. The molecule has 0 saturated carbocycles. The number of ether oxygens (including phenoxy) is 1. The Morgan fingerprint density at radius 1 is 1.53 bits per heavy atom. The number of hydrogen-bond acceptors (Lipinski definition) is 3. The molecular weight excluding hydrogens is 246 g/mol. The number of carbonyl (C=O) groups excluding carboxylic acids is 1. The van der Waals surface area contributed by atoms with Gasteiger partial charge in [-0.15, -0.1) is 0 Å². The third kappa shape index (κ3) is 3.64. The van der Waals surface area contributed by atoms with E-state index in [4.69, 9.17) is 27.2 Å². The molecule has 1 amide bonds. The van der Waals surface area contributed by atoms with E-state index in [1.807, 2.05) is 0 Å². The summed E-state index contributed by atoms with van der Waals surface area (Å²) in [5.74, 6) is -2.01. The molecule has 6 heteroatoms. The predicted octanol–water partition coefficient (Wildman–Crippen LogP) is 1.54. The first-order chi connectivity index (χ1) is 7.91. The molecule has 0 aliphatic carbocycles. The van der Waals surface area contributed by atoms with Gasteiger partial charge in [0.05, 0.1) is 12.5 Å². The van der Waals surface area contributed by atoms with Gasteiger partial charge in [0.1, 0.15) is 11.3 Å². The number of halogens is 1. The zero-order valence-electron chi connectivity index (χ0n) is 9.14. The second kappa shape index (κ2) is 5.54. The second-order valence-electron chi connectivity index (χ2n) is 3.56. The van der Waals surface area contributed by atoms with Gasteiger partial charge in [-0.25, -0.2) is 4.79 Å². The van der Waals surface area contributed by atoms with Gasteiger partial charge in [-0.2, -0.15) is 0 Å². The van der Waals surface area contributed by atoms with Crippen molar-refractivity contribution in [2.45, 2.75) is 6.92 Å². The van der Waals surface area contributed by atoms with Crippen LogP contribution in [-0.2, 0) is 4.79 Å². The molecule has 0 bridgehead atoms. The number of nitrogens with two attached hydrogens (primary N) is 1. The SMILES string of the molecule is CC(COc1cc(Cl)ccc1C(=O)O)C(N)=O. The average molecular weight is 258 g/mol. The van der Waals surface area contributed by atoms with Crippen molar-refractivity contribution in [1.82, 2.24) is 0 Å². The first-order valence-corrected chi connectivity index (χ1v) is 5.24. The molecule has 5 nitrogen and oxygen atoms in total. The summed E-state index contributed by atoms with van der Waals surface area (Å²) in [5.41, 5.74) is 5.06. The molecule has 0 radical (unpaired) electrons. The topological polar surface area (TPSA) is 89.6 Å². The summed E-state index contributed by atoms with van der Waals surface area (Å²) in [5, 5.41) is 9.27. The smallest absolute Gasteiger partial charge is 0.339 e. The number of rotatable bonds is 5. The fourth-order valence-corrected chi connectivity index (χ4v) is 1.25. The number of benzene rings is 1. The van der Waals surface area contributed by atoms with Crippen molar-refractivity contribution >= 4 is 23.5 Å². The minimum Gasteiger partial charge on any atom is -0.492 e. The maximum Gasteiger partial charge on any atom is 0.339 e. The highest BCUT2D eigenvalue weighted by Crippen LogP contribution is 2.23. The lowest BCUT2D eigenvalue weighted by atomic mass is 10.2. The van der Waals surface area contributed by atoms with Crippen molar-refractivity contribution in [1.29, 1.82) is 0 Å². The highest BCUT2D eigenvalue weighted by Gasteiger charge is 2.14. The van der Waals surface area contributed by atoms with Crippen molar-refractivity contribution in [2.75, 3.05) is 6.61 Å². The molecule has 0 aromatic heterocycles. The molecule has 0 spiro atoms. The van der Waals surface area contributed by atoms with Crippen LogP contribution in [-0.4, -0.2) is 23.6 Å². The molecule has 0 aliphatic heterocycles. The molecule has 1 atom stereocenters. The van der Waals surface area contributed by atoms with E-state index in [2.05, 4.69) is 0 Å². The molecule has 17 heavy (non-hydrogen) atoms. The molecule has 0 aliphatic rings. The monoisotopic (exact) mass is 257 g/mol. The minimum atomic E-state index is -1.12. The van der Waals surface area contributed by atoms with Crippen molar-refractivity contribution < 1.29 is 19.4 Å². The normalized spacial score (nSPS) is 11.9. The Hall–Kier alpha value is -1.75. The summed E-state index contributed by atoms with van der Waals surface area (Å²) in [6.07, 6.45) is 0. The average Bonchev–Trinajstić information content (AvgIpc) is 2.25. The predicted molar refractivity (Wildman–Crippen MR) is 62.3 cm³/mol. The summed E-state index contributed by atoms with van der Waals surface area (Å²) in [7, 11) is 0. The minimum absolute atomic E-state index is 0.00827. The molecule has 0 heterocycles. The van der Waals surface area contributed by atoms with Crippen LogP contribution in [0.5, 0.6) is 5.75 Å². The number of hydrogen-bond donors (Lipinski definition) is 2. The van der Waals surface area contributed by atoms with Gasteiger partial charge in [0.25, 0.3) is 0 Å². The molecule has 3 N–H and O–H groups in total. The summed E-state index contributed by atoms with van der Waals surface area (Å²) < 4.78 is 5.24. The molecule has 92 valence electrons. The highest BCUT2D eigenvalue weighted by molar-refractivity contribution is 6.30. The van der Waals surface area contributed by atoms with Crippen LogP contribution < -0.4 is 10.5 Å². The van der Waals surface area contributed by atoms with E-state index in [1.165, 1.54) is 18.2 Å². The Labute approximate surface area is 103 Å². The molecule has 0 saturated heterocycles. The van der Waals surface area contributed by atoms with Gasteiger partial charge < -0.3 is 15.6 Å². The fraction of sp³-hybridized carbons (Fsp3) is 0.273. The first kappa shape index (κ1) is 13.3. The quantitative estimate of drug-likeness (QED) is 0.837. The number of carboxylic acid groups (broad SMARTS) is 1. The molecule has 1 rings (SSSR count). The van der Waals surface area contributed by atoms with Crippen LogP contribution in [0.25, 0.3) is 0 Å². The van der Waals surface area contributed by atoms with Crippen molar-refractivity contribution in [2.24, 2.45) is 11.7 Å². The van der Waals surface area contributed by atoms with E-state index in [-0.39, 0.29) is 17.9 Å². The molecule has 1 unspecified atom stereocenters. The molecular formula is C11H12ClNO4. The van der Waals surface area contributed by atoms with E-state index in [9.17, 15) is 9.59 Å². The van der Waals surface area contributed by atoms with Gasteiger partial charge in [-0.05, 0) is 18.2 Å². The van der Waals surface area contributed by atoms with E-state index in [0.29, 0.717) is 5.02 Å². The van der Waals surface area contributed by atoms with Gasteiger partial charge in [0.15, 0.2) is 0 Å². The van der Waals surface area contributed by atoms with E-state index in [1.54, 1.807) is 6.92 Å². The lowest BCUT2D eigenvalue weighted by molar-refractivity contribution is -0.122. The number of aromatic carboxylic acids is 1. The Morgan fingerprint density at radius 3 is 2.71 bits per heavy atom. The van der Waals surface area contributed by atoms with Crippen molar-refractivity contribution in [3.05, 3.63) is 28.8 Å². The van der Waals surface area contributed by atoms with Crippen LogP contribution in [0.3, 0.4) is 0 Å². The first-order valence-electron chi connectivity index (χ1n) is 4.86. The Balaban J connectivity index is 2.85. The second-order valence-corrected chi connectivity index (χ2v) is 4.00. The maximum absolute atomic E-state index is 10.9. The number of primary amides is 1. The van der Waals surface area contributed by atoms with E-state index in [0.717, 1.165) is 0 Å². The van der Waals surface area contributed by atoms with Crippen LogP contribution in [0.1, 0.15) is 17.3 Å². The zero-order chi connectivity index (χ0) is 13.0. The van der Waals surface area contributed by atoms with Crippen LogP contribution >= 0.6 is 11.6 Å². The summed E-state index contributed by atoms with van der Waals surface area (Å²) >= 11 is 5.73. The molecule has 0 fully saturated rings. The molecule has 1 aromatic rings. The summed E-state index contributed by atoms with van der Waals surface area (Å²) in [6, 6.07) is 4.18. The lowest BCUT2D eigenvalue weighted by Gasteiger charge is -2.12. The van der Waals surface area contributed by atoms with Crippen LogP contribution in [0, 0.1) is 5.92 Å². The third-order valence-electron chi connectivity index (χ3n) is 2.15. The highest BCUT2D eigenvalue weighted by atomic mass is 35.5. The van der Waals surface area contributed by atoms with Gasteiger partial charge in [0, 0.05) is 5.02 Å². The summed E-state index contributed by atoms with van der Waals surface area (Å²) in [4.78, 5) is 21.7. The summed E-state index contributed by atoms with van der Waals surface area (Å²) in [6.45, 7) is 1.60. The standard InChI is InChI=1S/C11H12ClNO4/c1-6(10(13)14)5-17-9-4-7(12)2-3-8(9)11(15)16/h2-4,6H,5H2,1H3,(H2,13,14)(H,15,16).